The van der Waals surface area contributed by atoms with E-state index in [0.717, 1.165) is 30.9 Å². The Balaban J connectivity index is 2.40. The summed E-state index contributed by atoms with van der Waals surface area (Å²) in [6.07, 6.45) is 1.05. The smallest absolute Gasteiger partial charge is 0.335 e. The lowest BCUT2D eigenvalue weighted by molar-refractivity contribution is 0.0697. The summed E-state index contributed by atoms with van der Waals surface area (Å²) in [6.45, 7) is 6.14. The van der Waals surface area contributed by atoms with Crippen molar-refractivity contribution in [3.63, 3.8) is 0 Å². The molecule has 1 aliphatic heterocycles. The van der Waals surface area contributed by atoms with Gasteiger partial charge in [-0.1, -0.05) is 6.92 Å². The summed E-state index contributed by atoms with van der Waals surface area (Å²) in [7, 11) is 0. The van der Waals surface area contributed by atoms with Crippen LogP contribution >= 0.6 is 0 Å². The average molecular weight is 234 g/mol. The summed E-state index contributed by atoms with van der Waals surface area (Å²) in [5.41, 5.74) is 2.38. The number of aromatic carboxylic acids is 1. The van der Waals surface area contributed by atoms with Gasteiger partial charge in [-0.25, -0.2) is 4.79 Å². The molecule has 1 aromatic carbocycles. The number of nitrogens with one attached hydrogen (secondary N) is 1. The fourth-order valence-electron chi connectivity index (χ4n) is 2.16. The van der Waals surface area contributed by atoms with Gasteiger partial charge in [-0.2, -0.15) is 0 Å². The minimum absolute atomic E-state index is 0.348. The van der Waals surface area contributed by atoms with E-state index >= 15 is 0 Å². The number of nitrogens with zero attached hydrogens (tertiary/aromatic N) is 1. The van der Waals surface area contributed by atoms with E-state index in [4.69, 9.17) is 5.11 Å². The lowest BCUT2D eigenvalue weighted by Gasteiger charge is -2.36. The molecule has 0 radical (unpaired) electrons. The second kappa shape index (κ2) is 4.65. The Bertz CT molecular complexity index is 431. The second-order valence-corrected chi connectivity index (χ2v) is 4.41. The fraction of sp³-hybridized carbons (Fsp3) is 0.462. The molecule has 2 N–H and O–H groups in total. The zero-order chi connectivity index (χ0) is 12.4. The number of fused-ring (bicyclic) bond motifs is 1. The van der Waals surface area contributed by atoms with Gasteiger partial charge < -0.3 is 15.3 Å². The Morgan fingerprint density at radius 2 is 2.35 bits per heavy atom. The molecule has 0 amide bonds. The molecule has 1 aliphatic rings. The molecule has 2 rings (SSSR count). The number of carboxylic acid groups (broad SMARTS) is 1. The molecule has 4 nitrogen and oxygen atoms in total. The second-order valence-electron chi connectivity index (χ2n) is 4.41. The number of hydrogen-bond acceptors (Lipinski definition) is 3. The Hall–Kier alpha value is -1.71. The van der Waals surface area contributed by atoms with Gasteiger partial charge in [-0.15, -0.1) is 0 Å². The van der Waals surface area contributed by atoms with E-state index in [1.807, 2.05) is 6.07 Å². The third-order valence-electron chi connectivity index (χ3n) is 3.35. The number of rotatable bonds is 3. The minimum Gasteiger partial charge on any atom is -0.478 e. The van der Waals surface area contributed by atoms with Crippen molar-refractivity contribution in [2.75, 3.05) is 23.3 Å². The highest BCUT2D eigenvalue weighted by molar-refractivity contribution is 5.91. The summed E-state index contributed by atoms with van der Waals surface area (Å²) in [5.74, 6) is -0.873. The first kappa shape index (κ1) is 11.8. The van der Waals surface area contributed by atoms with Crippen molar-refractivity contribution >= 4 is 17.3 Å². The van der Waals surface area contributed by atoms with Crippen LogP contribution < -0.4 is 10.2 Å². The monoisotopic (exact) mass is 234 g/mol. The van der Waals surface area contributed by atoms with Crippen molar-refractivity contribution < 1.29 is 9.90 Å². The highest BCUT2D eigenvalue weighted by atomic mass is 16.4. The molecule has 0 saturated carbocycles. The van der Waals surface area contributed by atoms with Crippen LogP contribution in [0.2, 0.25) is 0 Å². The lowest BCUT2D eigenvalue weighted by Crippen LogP contribution is -2.40. The zero-order valence-electron chi connectivity index (χ0n) is 10.2. The molecule has 0 bridgehead atoms. The summed E-state index contributed by atoms with van der Waals surface area (Å²) in [6, 6.07) is 5.69. The number of benzene rings is 1. The van der Waals surface area contributed by atoms with Crippen LogP contribution in [0.1, 0.15) is 30.6 Å². The van der Waals surface area contributed by atoms with Gasteiger partial charge in [0, 0.05) is 19.1 Å². The van der Waals surface area contributed by atoms with Gasteiger partial charge in [0.15, 0.2) is 0 Å². The molecule has 1 unspecified atom stereocenters. The Kier molecular flexibility index (Phi) is 3.22. The highest BCUT2D eigenvalue weighted by Crippen LogP contribution is 2.32. The summed E-state index contributed by atoms with van der Waals surface area (Å²) >= 11 is 0. The normalized spacial score (nSPS) is 16.0. The van der Waals surface area contributed by atoms with Crippen LogP contribution in [0.3, 0.4) is 0 Å². The predicted octanol–water partition coefficient (Wildman–Crippen LogP) is 2.42. The van der Waals surface area contributed by atoms with Gasteiger partial charge in [0.05, 0.1) is 16.9 Å². The molecule has 1 atom stereocenters. The van der Waals surface area contributed by atoms with E-state index in [1.54, 1.807) is 12.1 Å². The van der Waals surface area contributed by atoms with E-state index < -0.39 is 5.97 Å². The van der Waals surface area contributed by atoms with Crippen molar-refractivity contribution in [2.24, 2.45) is 0 Å². The van der Waals surface area contributed by atoms with Crippen molar-refractivity contribution in [2.45, 2.75) is 26.3 Å². The molecular weight excluding hydrogens is 216 g/mol. The van der Waals surface area contributed by atoms with E-state index in [9.17, 15) is 4.79 Å². The molecule has 0 spiro atoms. The third kappa shape index (κ3) is 2.20. The van der Waals surface area contributed by atoms with Crippen molar-refractivity contribution in [3.05, 3.63) is 23.8 Å². The van der Waals surface area contributed by atoms with Gasteiger partial charge in [0.2, 0.25) is 0 Å². The molecule has 0 saturated heterocycles. The van der Waals surface area contributed by atoms with E-state index in [2.05, 4.69) is 24.1 Å². The summed E-state index contributed by atoms with van der Waals surface area (Å²) in [4.78, 5) is 13.3. The van der Waals surface area contributed by atoms with Crippen LogP contribution in [0.15, 0.2) is 18.2 Å². The van der Waals surface area contributed by atoms with Crippen LogP contribution in [0.5, 0.6) is 0 Å². The summed E-state index contributed by atoms with van der Waals surface area (Å²) < 4.78 is 0. The fourth-order valence-corrected chi connectivity index (χ4v) is 2.16. The van der Waals surface area contributed by atoms with Crippen LogP contribution in [0.25, 0.3) is 0 Å². The van der Waals surface area contributed by atoms with Gasteiger partial charge >= 0.3 is 5.97 Å². The maximum Gasteiger partial charge on any atom is 0.335 e. The van der Waals surface area contributed by atoms with Gasteiger partial charge in [-0.3, -0.25) is 0 Å². The van der Waals surface area contributed by atoms with E-state index in [-0.39, 0.29) is 0 Å². The van der Waals surface area contributed by atoms with Crippen LogP contribution in [-0.4, -0.2) is 30.2 Å². The number of carbonyl (C=O) groups is 1. The molecule has 0 aliphatic carbocycles. The molecule has 0 fully saturated rings. The zero-order valence-corrected chi connectivity index (χ0v) is 10.2. The van der Waals surface area contributed by atoms with Gasteiger partial charge in [0.1, 0.15) is 0 Å². The lowest BCUT2D eigenvalue weighted by atomic mass is 10.1. The maximum atomic E-state index is 11.0. The highest BCUT2D eigenvalue weighted by Gasteiger charge is 2.21. The topological polar surface area (TPSA) is 52.6 Å². The third-order valence-corrected chi connectivity index (χ3v) is 3.35. The molecule has 4 heteroatoms. The van der Waals surface area contributed by atoms with Crippen molar-refractivity contribution in [1.29, 1.82) is 0 Å². The van der Waals surface area contributed by atoms with Crippen LogP contribution in [-0.2, 0) is 0 Å². The van der Waals surface area contributed by atoms with Gasteiger partial charge in [0.25, 0.3) is 0 Å². The molecule has 17 heavy (non-hydrogen) atoms. The number of anilines is 2. The van der Waals surface area contributed by atoms with Crippen molar-refractivity contribution in [1.82, 2.24) is 0 Å². The first-order chi connectivity index (χ1) is 8.13. The maximum absolute atomic E-state index is 11.0. The number of carboxylic acids is 1. The molecular formula is C13H18N2O2. The SMILES string of the molecule is CCC(C)N1CCNc2ccc(C(=O)O)cc21. The first-order valence-corrected chi connectivity index (χ1v) is 6.01. The number of hydrogen-bond donors (Lipinski definition) is 2. The minimum atomic E-state index is -0.873. The summed E-state index contributed by atoms with van der Waals surface area (Å²) in [5, 5.41) is 12.3. The molecule has 1 heterocycles. The van der Waals surface area contributed by atoms with Crippen LogP contribution in [0, 0.1) is 0 Å². The Morgan fingerprint density at radius 3 is 3.00 bits per heavy atom. The van der Waals surface area contributed by atoms with Gasteiger partial charge in [-0.05, 0) is 31.5 Å². The standard InChI is InChI=1S/C13H18N2O2/c1-3-9(2)15-7-6-14-11-5-4-10(13(16)17)8-12(11)15/h4-5,8-9,14H,3,6-7H2,1-2H3,(H,16,17). The van der Waals surface area contributed by atoms with Crippen molar-refractivity contribution in [3.8, 4) is 0 Å². The molecule has 1 aromatic rings. The predicted molar refractivity (Wildman–Crippen MR) is 69.0 cm³/mol. The first-order valence-electron chi connectivity index (χ1n) is 6.01. The Morgan fingerprint density at radius 1 is 1.59 bits per heavy atom. The Labute approximate surface area is 101 Å². The quantitative estimate of drug-likeness (QED) is 0.843. The average Bonchev–Trinajstić information content (AvgIpc) is 2.36. The van der Waals surface area contributed by atoms with Crippen LogP contribution in [0.4, 0.5) is 11.4 Å². The van der Waals surface area contributed by atoms with E-state index in [0.29, 0.717) is 11.6 Å². The van der Waals surface area contributed by atoms with E-state index in [1.165, 1.54) is 0 Å². The molecule has 92 valence electrons. The largest absolute Gasteiger partial charge is 0.478 e. The molecule has 0 aromatic heterocycles.